The van der Waals surface area contributed by atoms with Gasteiger partial charge in [-0.15, -0.1) is 0 Å². The number of halogens is 1. The molecule has 0 spiro atoms. The van der Waals surface area contributed by atoms with E-state index in [4.69, 9.17) is 16.6 Å². The van der Waals surface area contributed by atoms with Crippen molar-refractivity contribution in [3.8, 4) is 0 Å². The van der Waals surface area contributed by atoms with Crippen molar-refractivity contribution in [2.45, 2.75) is 39.2 Å². The number of hydrogen-bond donors (Lipinski definition) is 0. The van der Waals surface area contributed by atoms with Gasteiger partial charge in [-0.25, -0.2) is 4.98 Å². The molecule has 3 nitrogen and oxygen atoms in total. The summed E-state index contributed by atoms with van der Waals surface area (Å²) in [5.41, 5.74) is 3.10. The van der Waals surface area contributed by atoms with Crippen molar-refractivity contribution >= 4 is 44.2 Å². The van der Waals surface area contributed by atoms with Gasteiger partial charge < -0.3 is 0 Å². The van der Waals surface area contributed by atoms with Crippen molar-refractivity contribution in [2.24, 2.45) is 5.92 Å². The molecule has 1 aliphatic rings. The molecule has 134 valence electrons. The van der Waals surface area contributed by atoms with Crippen LogP contribution in [0.3, 0.4) is 0 Å². The quantitative estimate of drug-likeness (QED) is 0.554. The number of benzene rings is 2. The highest BCUT2D eigenvalue weighted by Gasteiger charge is 2.30. The first-order valence-electron chi connectivity index (χ1n) is 9.04. The van der Waals surface area contributed by atoms with E-state index < -0.39 is 0 Å². The molecule has 0 bridgehead atoms. The second-order valence-electron chi connectivity index (χ2n) is 6.96. The van der Waals surface area contributed by atoms with Gasteiger partial charge in [-0.05, 0) is 43.0 Å². The van der Waals surface area contributed by atoms with Crippen LogP contribution in [-0.2, 0) is 11.3 Å². The number of fused-ring (bicyclic) bond motifs is 1. The smallest absolute Gasteiger partial charge is 0.232 e. The number of rotatable bonds is 4. The lowest BCUT2D eigenvalue weighted by molar-refractivity contribution is -0.122. The number of aromatic nitrogens is 1. The van der Waals surface area contributed by atoms with Crippen molar-refractivity contribution < 1.29 is 4.79 Å². The van der Waals surface area contributed by atoms with Crippen LogP contribution in [0.25, 0.3) is 10.2 Å². The monoisotopic (exact) mass is 384 g/mol. The fourth-order valence-electron chi connectivity index (χ4n) is 3.66. The van der Waals surface area contributed by atoms with Crippen LogP contribution in [0.15, 0.2) is 42.5 Å². The third-order valence-corrected chi connectivity index (χ3v) is 6.27. The van der Waals surface area contributed by atoms with Gasteiger partial charge in [-0.3, -0.25) is 9.69 Å². The van der Waals surface area contributed by atoms with Crippen molar-refractivity contribution in [3.05, 3.63) is 58.6 Å². The molecule has 3 aromatic rings. The molecule has 1 saturated carbocycles. The molecule has 0 N–H and O–H groups in total. The molecule has 0 saturated heterocycles. The zero-order chi connectivity index (χ0) is 18.1. The number of aryl methyl sites for hydroxylation is 1. The van der Waals surface area contributed by atoms with E-state index in [-0.39, 0.29) is 11.8 Å². The molecule has 1 aliphatic carbocycles. The van der Waals surface area contributed by atoms with E-state index in [1.54, 1.807) is 11.3 Å². The SMILES string of the molecule is Cc1cc(Cl)cc2sc(N(Cc3ccccc3)C(=O)C3CCCC3)nc12. The fourth-order valence-corrected chi connectivity index (χ4v) is 5.08. The van der Waals surface area contributed by atoms with Crippen LogP contribution in [0.1, 0.15) is 36.8 Å². The Bertz CT molecular complexity index is 932. The topological polar surface area (TPSA) is 33.2 Å². The summed E-state index contributed by atoms with van der Waals surface area (Å²) < 4.78 is 1.03. The lowest BCUT2D eigenvalue weighted by atomic mass is 10.1. The Hall–Kier alpha value is -1.91. The Labute approximate surface area is 162 Å². The van der Waals surface area contributed by atoms with Crippen LogP contribution < -0.4 is 4.90 Å². The number of thiazole rings is 1. The maximum atomic E-state index is 13.2. The number of amides is 1. The van der Waals surface area contributed by atoms with Crippen LogP contribution in [0.4, 0.5) is 5.13 Å². The molecule has 1 amide bonds. The summed E-state index contributed by atoms with van der Waals surface area (Å²) in [5.74, 6) is 0.324. The van der Waals surface area contributed by atoms with Gasteiger partial charge >= 0.3 is 0 Å². The lowest BCUT2D eigenvalue weighted by Gasteiger charge is -2.23. The Morgan fingerprint density at radius 3 is 2.69 bits per heavy atom. The van der Waals surface area contributed by atoms with Crippen LogP contribution >= 0.6 is 22.9 Å². The predicted molar refractivity (Wildman–Crippen MR) is 109 cm³/mol. The highest BCUT2D eigenvalue weighted by atomic mass is 35.5. The first-order valence-corrected chi connectivity index (χ1v) is 10.2. The molecule has 2 aromatic carbocycles. The molecule has 0 atom stereocenters. The molecular weight excluding hydrogens is 364 g/mol. The summed E-state index contributed by atoms with van der Waals surface area (Å²) >= 11 is 7.76. The van der Waals surface area contributed by atoms with E-state index >= 15 is 0 Å². The Balaban J connectivity index is 1.74. The molecule has 1 heterocycles. The zero-order valence-corrected chi connectivity index (χ0v) is 16.3. The molecule has 4 rings (SSSR count). The highest BCUT2D eigenvalue weighted by Crippen LogP contribution is 2.36. The summed E-state index contributed by atoms with van der Waals surface area (Å²) in [6, 6.07) is 14.0. The minimum Gasteiger partial charge on any atom is -0.283 e. The van der Waals surface area contributed by atoms with E-state index in [9.17, 15) is 4.79 Å². The Morgan fingerprint density at radius 2 is 1.96 bits per heavy atom. The van der Waals surface area contributed by atoms with Crippen LogP contribution in [0.2, 0.25) is 5.02 Å². The van der Waals surface area contributed by atoms with Gasteiger partial charge in [0.1, 0.15) is 0 Å². The van der Waals surface area contributed by atoms with E-state index in [0.717, 1.165) is 52.2 Å². The minimum absolute atomic E-state index is 0.121. The van der Waals surface area contributed by atoms with Gasteiger partial charge in [-0.1, -0.05) is 66.1 Å². The number of carbonyl (C=O) groups is 1. The average molecular weight is 385 g/mol. The molecule has 0 unspecified atom stereocenters. The fraction of sp³-hybridized carbons (Fsp3) is 0.333. The number of nitrogens with zero attached hydrogens (tertiary/aromatic N) is 2. The second-order valence-corrected chi connectivity index (χ2v) is 8.40. The molecule has 1 aromatic heterocycles. The molecular formula is C21H21ClN2OS. The average Bonchev–Trinajstić information content (AvgIpc) is 3.29. The van der Waals surface area contributed by atoms with Gasteiger partial charge in [-0.2, -0.15) is 0 Å². The van der Waals surface area contributed by atoms with Gasteiger partial charge in [0.25, 0.3) is 0 Å². The summed E-state index contributed by atoms with van der Waals surface area (Å²) in [7, 11) is 0. The molecule has 1 fully saturated rings. The third-order valence-electron chi connectivity index (χ3n) is 5.02. The molecule has 0 radical (unpaired) electrons. The van der Waals surface area contributed by atoms with Gasteiger partial charge in [0.15, 0.2) is 5.13 Å². The predicted octanol–water partition coefficient (Wildman–Crippen LogP) is 5.98. The highest BCUT2D eigenvalue weighted by molar-refractivity contribution is 7.22. The normalized spacial score (nSPS) is 14.8. The standard InChI is InChI=1S/C21H21ClN2OS/c1-14-11-17(22)12-18-19(14)23-21(26-18)24(13-15-7-3-2-4-8-15)20(25)16-9-5-6-10-16/h2-4,7-8,11-12,16H,5-6,9-10,13H2,1H3. The maximum Gasteiger partial charge on any atom is 0.232 e. The van der Waals surface area contributed by atoms with Gasteiger partial charge in [0.05, 0.1) is 16.8 Å². The van der Waals surface area contributed by atoms with Gasteiger partial charge in [0, 0.05) is 10.9 Å². The van der Waals surface area contributed by atoms with Crippen molar-refractivity contribution in [2.75, 3.05) is 4.90 Å². The number of carbonyl (C=O) groups excluding carboxylic acids is 1. The van der Waals surface area contributed by atoms with E-state index in [0.29, 0.717) is 11.6 Å². The van der Waals surface area contributed by atoms with Crippen molar-refractivity contribution in [3.63, 3.8) is 0 Å². The van der Waals surface area contributed by atoms with E-state index in [1.165, 1.54) is 0 Å². The molecule has 26 heavy (non-hydrogen) atoms. The largest absolute Gasteiger partial charge is 0.283 e. The third kappa shape index (κ3) is 3.49. The summed E-state index contributed by atoms with van der Waals surface area (Å²) in [5, 5.41) is 1.48. The number of hydrogen-bond acceptors (Lipinski definition) is 3. The lowest BCUT2D eigenvalue weighted by Crippen LogP contribution is -2.34. The van der Waals surface area contributed by atoms with E-state index in [2.05, 4.69) is 12.1 Å². The van der Waals surface area contributed by atoms with Crippen LogP contribution in [0.5, 0.6) is 0 Å². The Kier molecular flexibility index (Phi) is 4.96. The number of anilines is 1. The first kappa shape index (κ1) is 17.5. The van der Waals surface area contributed by atoms with Gasteiger partial charge in [0.2, 0.25) is 5.91 Å². The summed E-state index contributed by atoms with van der Waals surface area (Å²) in [4.78, 5) is 19.9. The van der Waals surface area contributed by atoms with Crippen molar-refractivity contribution in [1.82, 2.24) is 4.98 Å². The van der Waals surface area contributed by atoms with E-state index in [1.807, 2.05) is 42.2 Å². The molecule has 5 heteroatoms. The maximum absolute atomic E-state index is 13.2. The minimum atomic E-state index is 0.121. The van der Waals surface area contributed by atoms with Crippen molar-refractivity contribution in [1.29, 1.82) is 0 Å². The summed E-state index contributed by atoms with van der Waals surface area (Å²) in [6.07, 6.45) is 4.26. The summed E-state index contributed by atoms with van der Waals surface area (Å²) in [6.45, 7) is 2.57. The Morgan fingerprint density at radius 1 is 1.23 bits per heavy atom. The molecule has 0 aliphatic heterocycles. The first-order chi connectivity index (χ1) is 12.6. The van der Waals surface area contributed by atoms with Crippen LogP contribution in [0, 0.1) is 12.8 Å². The van der Waals surface area contributed by atoms with Crippen LogP contribution in [-0.4, -0.2) is 10.9 Å². The zero-order valence-electron chi connectivity index (χ0n) is 14.7. The second kappa shape index (κ2) is 7.37.